The highest BCUT2D eigenvalue weighted by Crippen LogP contribution is 2.26. The number of benzene rings is 1. The van der Waals surface area contributed by atoms with Gasteiger partial charge in [-0.2, -0.15) is 0 Å². The van der Waals surface area contributed by atoms with Crippen LogP contribution in [0.1, 0.15) is 5.56 Å². The zero-order chi connectivity index (χ0) is 11.4. The van der Waals surface area contributed by atoms with Crippen LogP contribution in [-0.2, 0) is 6.42 Å². The Morgan fingerprint density at radius 1 is 1.25 bits per heavy atom. The second-order valence-corrected chi connectivity index (χ2v) is 3.31. The van der Waals surface area contributed by atoms with Crippen LogP contribution in [-0.4, -0.2) is 20.1 Å². The molecule has 16 heavy (non-hydrogen) atoms. The predicted molar refractivity (Wildman–Crippen MR) is 60.8 cm³/mol. The summed E-state index contributed by atoms with van der Waals surface area (Å²) in [5, 5.41) is 9.73. The van der Waals surface area contributed by atoms with Crippen molar-refractivity contribution in [2.75, 3.05) is 0 Å². The molecule has 4 heteroatoms. The molecule has 2 aromatic rings. The van der Waals surface area contributed by atoms with Crippen molar-refractivity contribution in [3.05, 3.63) is 49.1 Å². The van der Waals surface area contributed by atoms with Gasteiger partial charge in [0.25, 0.3) is 0 Å². The first-order valence-corrected chi connectivity index (χ1v) is 4.86. The van der Waals surface area contributed by atoms with E-state index in [4.69, 9.17) is 0 Å². The van der Waals surface area contributed by atoms with Gasteiger partial charge in [0.05, 0.1) is 5.56 Å². The van der Waals surface area contributed by atoms with Crippen LogP contribution < -0.4 is 0 Å². The van der Waals surface area contributed by atoms with Gasteiger partial charge in [-0.3, -0.25) is 0 Å². The number of nitrogens with zero attached hydrogens (tertiary/aromatic N) is 3. The Morgan fingerprint density at radius 2 is 2.00 bits per heavy atom. The molecule has 80 valence electrons. The summed E-state index contributed by atoms with van der Waals surface area (Å²) in [5.41, 5.74) is 1.67. The molecule has 0 saturated carbocycles. The van der Waals surface area contributed by atoms with E-state index in [1.54, 1.807) is 6.07 Å². The van der Waals surface area contributed by atoms with Gasteiger partial charge in [0.2, 0.25) is 0 Å². The van der Waals surface area contributed by atoms with Crippen molar-refractivity contribution < 1.29 is 5.11 Å². The van der Waals surface area contributed by atoms with Crippen molar-refractivity contribution in [2.24, 2.45) is 0 Å². The lowest BCUT2D eigenvalue weighted by atomic mass is 10.1. The SMILES string of the molecule is C=CCc1ccc(O)c(-c2ncncn2)c1. The van der Waals surface area contributed by atoms with E-state index < -0.39 is 0 Å². The monoisotopic (exact) mass is 213 g/mol. The maximum atomic E-state index is 9.73. The molecule has 0 unspecified atom stereocenters. The first-order valence-electron chi connectivity index (χ1n) is 4.86. The number of allylic oxidation sites excluding steroid dienone is 1. The standard InChI is InChI=1S/C12H11N3O/c1-2-3-9-4-5-11(16)10(6-9)12-14-7-13-8-15-12/h2,4-8,16H,1,3H2. The van der Waals surface area contributed by atoms with E-state index in [2.05, 4.69) is 21.5 Å². The van der Waals surface area contributed by atoms with E-state index in [0.29, 0.717) is 11.4 Å². The van der Waals surface area contributed by atoms with Crippen LogP contribution in [0.5, 0.6) is 5.75 Å². The second kappa shape index (κ2) is 4.53. The molecule has 0 radical (unpaired) electrons. The molecule has 0 atom stereocenters. The van der Waals surface area contributed by atoms with E-state index >= 15 is 0 Å². The molecule has 0 saturated heterocycles. The lowest BCUT2D eigenvalue weighted by molar-refractivity contribution is 0.476. The van der Waals surface area contributed by atoms with E-state index in [9.17, 15) is 5.11 Å². The van der Waals surface area contributed by atoms with Gasteiger partial charge in [0, 0.05) is 0 Å². The Labute approximate surface area is 93.3 Å². The summed E-state index contributed by atoms with van der Waals surface area (Å²) in [5.74, 6) is 0.637. The molecule has 1 aromatic carbocycles. The largest absolute Gasteiger partial charge is 0.507 e. The molecule has 2 rings (SSSR count). The third kappa shape index (κ3) is 2.06. The minimum Gasteiger partial charge on any atom is -0.507 e. The Bertz CT molecular complexity index is 497. The van der Waals surface area contributed by atoms with Crippen LogP contribution in [0.4, 0.5) is 0 Å². The fourth-order valence-electron chi connectivity index (χ4n) is 1.43. The molecular formula is C12H11N3O. The van der Waals surface area contributed by atoms with Crippen LogP contribution in [0.2, 0.25) is 0 Å². The fraction of sp³-hybridized carbons (Fsp3) is 0.0833. The van der Waals surface area contributed by atoms with Crippen LogP contribution in [0.25, 0.3) is 11.4 Å². The summed E-state index contributed by atoms with van der Waals surface area (Å²) in [6.45, 7) is 3.68. The molecule has 1 heterocycles. The number of rotatable bonds is 3. The van der Waals surface area contributed by atoms with Crippen molar-refractivity contribution in [3.8, 4) is 17.1 Å². The zero-order valence-electron chi connectivity index (χ0n) is 8.67. The summed E-state index contributed by atoms with van der Waals surface area (Å²) in [4.78, 5) is 11.7. The first kappa shape index (κ1) is 10.3. The van der Waals surface area contributed by atoms with E-state index in [1.807, 2.05) is 18.2 Å². The topological polar surface area (TPSA) is 58.9 Å². The van der Waals surface area contributed by atoms with Crippen molar-refractivity contribution in [1.29, 1.82) is 0 Å². The third-order valence-corrected chi connectivity index (χ3v) is 2.18. The Morgan fingerprint density at radius 3 is 2.69 bits per heavy atom. The number of phenols is 1. The normalized spacial score (nSPS) is 10.0. The highest BCUT2D eigenvalue weighted by Gasteiger charge is 2.07. The van der Waals surface area contributed by atoms with Gasteiger partial charge in [0.15, 0.2) is 5.82 Å². The number of aromatic nitrogens is 3. The maximum absolute atomic E-state index is 9.73. The highest BCUT2D eigenvalue weighted by molar-refractivity contribution is 5.64. The maximum Gasteiger partial charge on any atom is 0.166 e. The minimum atomic E-state index is 0.166. The van der Waals surface area contributed by atoms with E-state index in [-0.39, 0.29) is 5.75 Å². The average molecular weight is 213 g/mol. The quantitative estimate of drug-likeness (QED) is 0.792. The van der Waals surface area contributed by atoms with E-state index in [1.165, 1.54) is 12.7 Å². The molecular weight excluding hydrogens is 202 g/mol. The fourth-order valence-corrected chi connectivity index (χ4v) is 1.43. The van der Waals surface area contributed by atoms with Gasteiger partial charge in [-0.25, -0.2) is 15.0 Å². The van der Waals surface area contributed by atoms with Crippen LogP contribution in [0.15, 0.2) is 43.5 Å². The Balaban J connectivity index is 2.47. The molecule has 1 N–H and O–H groups in total. The van der Waals surface area contributed by atoms with Gasteiger partial charge in [-0.15, -0.1) is 6.58 Å². The second-order valence-electron chi connectivity index (χ2n) is 3.31. The molecule has 0 aliphatic heterocycles. The summed E-state index contributed by atoms with van der Waals surface area (Å²) < 4.78 is 0. The molecule has 0 fully saturated rings. The van der Waals surface area contributed by atoms with Crippen molar-refractivity contribution in [3.63, 3.8) is 0 Å². The van der Waals surface area contributed by atoms with Crippen LogP contribution >= 0.6 is 0 Å². The minimum absolute atomic E-state index is 0.166. The van der Waals surface area contributed by atoms with Gasteiger partial charge < -0.3 is 5.11 Å². The molecule has 4 nitrogen and oxygen atoms in total. The predicted octanol–water partition coefficient (Wildman–Crippen LogP) is 1.97. The third-order valence-electron chi connectivity index (χ3n) is 2.18. The first-order chi connectivity index (χ1) is 7.81. The summed E-state index contributed by atoms with van der Waals surface area (Å²) in [6, 6.07) is 5.34. The Kier molecular flexibility index (Phi) is 2.91. The number of phenolic OH excluding ortho intramolecular Hbond substituents is 1. The van der Waals surface area contributed by atoms with Crippen LogP contribution in [0.3, 0.4) is 0 Å². The Hall–Kier alpha value is -2.23. The van der Waals surface area contributed by atoms with Gasteiger partial charge >= 0.3 is 0 Å². The molecule has 0 bridgehead atoms. The zero-order valence-corrected chi connectivity index (χ0v) is 8.67. The number of hydrogen-bond donors (Lipinski definition) is 1. The summed E-state index contributed by atoms with van der Waals surface area (Å²) in [6.07, 6.45) is 5.37. The summed E-state index contributed by atoms with van der Waals surface area (Å²) >= 11 is 0. The summed E-state index contributed by atoms with van der Waals surface area (Å²) in [7, 11) is 0. The highest BCUT2D eigenvalue weighted by atomic mass is 16.3. The number of aromatic hydroxyl groups is 1. The molecule has 0 amide bonds. The smallest absolute Gasteiger partial charge is 0.166 e. The van der Waals surface area contributed by atoms with Gasteiger partial charge in [-0.1, -0.05) is 12.1 Å². The van der Waals surface area contributed by atoms with Crippen LogP contribution in [0, 0.1) is 0 Å². The number of hydrogen-bond acceptors (Lipinski definition) is 4. The molecule has 0 aliphatic carbocycles. The lowest BCUT2D eigenvalue weighted by Gasteiger charge is -2.04. The van der Waals surface area contributed by atoms with Crippen molar-refractivity contribution >= 4 is 0 Å². The van der Waals surface area contributed by atoms with Gasteiger partial charge in [0.1, 0.15) is 18.4 Å². The lowest BCUT2D eigenvalue weighted by Crippen LogP contribution is -1.91. The van der Waals surface area contributed by atoms with E-state index in [0.717, 1.165) is 12.0 Å². The van der Waals surface area contributed by atoms with Crippen molar-refractivity contribution in [2.45, 2.75) is 6.42 Å². The average Bonchev–Trinajstić information content (AvgIpc) is 2.33. The molecule has 0 aliphatic rings. The molecule has 0 spiro atoms. The molecule has 1 aromatic heterocycles. The van der Waals surface area contributed by atoms with Crippen molar-refractivity contribution in [1.82, 2.24) is 15.0 Å². The van der Waals surface area contributed by atoms with Gasteiger partial charge in [-0.05, 0) is 24.1 Å².